The highest BCUT2D eigenvalue weighted by atomic mass is 16.5. The Bertz CT molecular complexity index is 354. The molecular formula is C14H19NO. The SMILES string of the molecule is CC(C)(C)CCCOc1ccc(C#N)cc1. The predicted octanol–water partition coefficient (Wildman–Crippen LogP) is 3.76. The van der Waals surface area contributed by atoms with Crippen LogP contribution in [0.2, 0.25) is 0 Å². The maximum absolute atomic E-state index is 8.64. The van der Waals surface area contributed by atoms with Crippen LogP contribution in [0.4, 0.5) is 0 Å². The Hall–Kier alpha value is -1.49. The molecule has 0 aliphatic carbocycles. The van der Waals surface area contributed by atoms with Gasteiger partial charge in [0.15, 0.2) is 0 Å². The topological polar surface area (TPSA) is 33.0 Å². The summed E-state index contributed by atoms with van der Waals surface area (Å²) in [5.74, 6) is 0.841. The van der Waals surface area contributed by atoms with Crippen LogP contribution in [-0.4, -0.2) is 6.61 Å². The van der Waals surface area contributed by atoms with Crippen LogP contribution in [0.15, 0.2) is 24.3 Å². The van der Waals surface area contributed by atoms with Crippen LogP contribution in [0, 0.1) is 16.7 Å². The second-order valence-corrected chi connectivity index (χ2v) is 5.15. The summed E-state index contributed by atoms with van der Waals surface area (Å²) < 4.78 is 5.59. The lowest BCUT2D eigenvalue weighted by molar-refractivity contribution is 0.269. The van der Waals surface area contributed by atoms with Crippen LogP contribution in [0.25, 0.3) is 0 Å². The van der Waals surface area contributed by atoms with Gasteiger partial charge in [-0.15, -0.1) is 0 Å². The molecule has 0 bridgehead atoms. The Morgan fingerprint density at radius 1 is 1.19 bits per heavy atom. The first-order valence-corrected chi connectivity index (χ1v) is 5.64. The van der Waals surface area contributed by atoms with E-state index in [9.17, 15) is 0 Å². The molecule has 0 fully saturated rings. The molecule has 1 aromatic rings. The summed E-state index contributed by atoms with van der Waals surface area (Å²) in [5.41, 5.74) is 1.04. The van der Waals surface area contributed by atoms with Gasteiger partial charge in [-0.25, -0.2) is 0 Å². The summed E-state index contributed by atoms with van der Waals surface area (Å²) in [6.45, 7) is 7.43. The highest BCUT2D eigenvalue weighted by Crippen LogP contribution is 2.20. The lowest BCUT2D eigenvalue weighted by Gasteiger charge is -2.17. The average Bonchev–Trinajstić information content (AvgIpc) is 2.24. The number of nitriles is 1. The molecule has 86 valence electrons. The minimum Gasteiger partial charge on any atom is -0.494 e. The third kappa shape index (κ3) is 4.84. The minimum atomic E-state index is 0.369. The van der Waals surface area contributed by atoms with Gasteiger partial charge in [0.05, 0.1) is 18.2 Å². The zero-order chi connectivity index (χ0) is 12.0. The number of ether oxygens (including phenoxy) is 1. The maximum Gasteiger partial charge on any atom is 0.119 e. The molecule has 1 rings (SSSR count). The second kappa shape index (κ2) is 5.55. The van der Waals surface area contributed by atoms with Gasteiger partial charge in [0.25, 0.3) is 0 Å². The quantitative estimate of drug-likeness (QED) is 0.719. The van der Waals surface area contributed by atoms with Crippen LogP contribution in [0.3, 0.4) is 0 Å². The van der Waals surface area contributed by atoms with Gasteiger partial charge in [-0.3, -0.25) is 0 Å². The lowest BCUT2D eigenvalue weighted by atomic mass is 9.91. The highest BCUT2D eigenvalue weighted by molar-refractivity contribution is 5.34. The molecule has 2 nitrogen and oxygen atoms in total. The normalized spacial score (nSPS) is 10.9. The summed E-state index contributed by atoms with van der Waals surface area (Å²) in [5, 5.41) is 8.64. The van der Waals surface area contributed by atoms with Gasteiger partial charge >= 0.3 is 0 Å². The molecule has 0 spiro atoms. The van der Waals surface area contributed by atoms with E-state index in [4.69, 9.17) is 10.00 Å². The summed E-state index contributed by atoms with van der Waals surface area (Å²) in [4.78, 5) is 0. The number of hydrogen-bond donors (Lipinski definition) is 0. The van der Waals surface area contributed by atoms with Gasteiger partial charge < -0.3 is 4.74 Å². The van der Waals surface area contributed by atoms with E-state index in [2.05, 4.69) is 26.8 Å². The van der Waals surface area contributed by atoms with Crippen molar-refractivity contribution < 1.29 is 4.74 Å². The van der Waals surface area contributed by atoms with Crippen LogP contribution >= 0.6 is 0 Å². The number of hydrogen-bond acceptors (Lipinski definition) is 2. The van der Waals surface area contributed by atoms with Crippen molar-refractivity contribution >= 4 is 0 Å². The third-order valence-corrected chi connectivity index (χ3v) is 2.32. The molecule has 2 heteroatoms. The number of nitrogens with zero attached hydrogens (tertiary/aromatic N) is 1. The molecule has 0 atom stereocenters. The van der Waals surface area contributed by atoms with Crippen molar-refractivity contribution in [3.63, 3.8) is 0 Å². The average molecular weight is 217 g/mol. The van der Waals surface area contributed by atoms with Gasteiger partial charge in [0, 0.05) is 0 Å². The monoisotopic (exact) mass is 217 g/mol. The molecular weight excluding hydrogens is 198 g/mol. The summed E-state index contributed by atoms with van der Waals surface area (Å²) in [6, 6.07) is 9.33. The molecule has 0 radical (unpaired) electrons. The van der Waals surface area contributed by atoms with E-state index in [0.29, 0.717) is 11.0 Å². The predicted molar refractivity (Wildman–Crippen MR) is 65.3 cm³/mol. The van der Waals surface area contributed by atoms with Gasteiger partial charge in [-0.1, -0.05) is 20.8 Å². The standard InChI is InChI=1S/C14H19NO/c1-14(2,3)9-4-10-16-13-7-5-12(11-15)6-8-13/h5-8H,4,9-10H2,1-3H3. The Labute approximate surface area is 97.9 Å². The summed E-state index contributed by atoms with van der Waals surface area (Å²) in [7, 11) is 0. The van der Waals surface area contributed by atoms with E-state index >= 15 is 0 Å². The molecule has 16 heavy (non-hydrogen) atoms. The first-order valence-electron chi connectivity index (χ1n) is 5.64. The van der Waals surface area contributed by atoms with E-state index in [1.165, 1.54) is 0 Å². The Morgan fingerprint density at radius 3 is 2.31 bits per heavy atom. The molecule has 0 aromatic heterocycles. The largest absolute Gasteiger partial charge is 0.494 e. The number of rotatable bonds is 4. The van der Waals surface area contributed by atoms with Gasteiger partial charge in [-0.05, 0) is 42.5 Å². The Morgan fingerprint density at radius 2 is 1.81 bits per heavy atom. The lowest BCUT2D eigenvalue weighted by Crippen LogP contribution is -2.07. The first-order chi connectivity index (χ1) is 7.51. The molecule has 0 aliphatic heterocycles. The molecule has 0 saturated carbocycles. The minimum absolute atomic E-state index is 0.369. The molecule has 0 amide bonds. The van der Waals surface area contributed by atoms with Gasteiger partial charge in [0.2, 0.25) is 0 Å². The van der Waals surface area contributed by atoms with Crippen LogP contribution in [0.1, 0.15) is 39.2 Å². The summed E-state index contributed by atoms with van der Waals surface area (Å²) in [6.07, 6.45) is 2.22. The Kier molecular flexibility index (Phi) is 4.37. The van der Waals surface area contributed by atoms with E-state index in [1.54, 1.807) is 12.1 Å². The van der Waals surface area contributed by atoms with Gasteiger partial charge in [0.1, 0.15) is 5.75 Å². The molecule has 1 aromatic carbocycles. The van der Waals surface area contributed by atoms with E-state index in [0.717, 1.165) is 25.2 Å². The summed E-state index contributed by atoms with van der Waals surface area (Å²) >= 11 is 0. The fourth-order valence-electron chi connectivity index (χ4n) is 1.42. The van der Waals surface area contributed by atoms with Crippen molar-refractivity contribution in [2.45, 2.75) is 33.6 Å². The molecule has 0 unspecified atom stereocenters. The fourth-order valence-corrected chi connectivity index (χ4v) is 1.42. The van der Waals surface area contributed by atoms with Crippen LogP contribution in [-0.2, 0) is 0 Å². The van der Waals surface area contributed by atoms with E-state index < -0.39 is 0 Å². The van der Waals surface area contributed by atoms with Crippen molar-refractivity contribution in [2.24, 2.45) is 5.41 Å². The van der Waals surface area contributed by atoms with Crippen LogP contribution in [0.5, 0.6) is 5.75 Å². The van der Waals surface area contributed by atoms with Crippen molar-refractivity contribution in [3.05, 3.63) is 29.8 Å². The maximum atomic E-state index is 8.64. The van der Waals surface area contributed by atoms with Crippen molar-refractivity contribution in [2.75, 3.05) is 6.61 Å². The molecule has 0 aliphatic rings. The van der Waals surface area contributed by atoms with Crippen molar-refractivity contribution in [1.82, 2.24) is 0 Å². The zero-order valence-electron chi connectivity index (χ0n) is 10.3. The van der Waals surface area contributed by atoms with Gasteiger partial charge in [-0.2, -0.15) is 5.26 Å². The second-order valence-electron chi connectivity index (χ2n) is 5.15. The van der Waals surface area contributed by atoms with E-state index in [-0.39, 0.29) is 0 Å². The van der Waals surface area contributed by atoms with Crippen molar-refractivity contribution in [1.29, 1.82) is 5.26 Å². The smallest absolute Gasteiger partial charge is 0.119 e. The zero-order valence-corrected chi connectivity index (χ0v) is 10.3. The first kappa shape index (κ1) is 12.6. The third-order valence-electron chi connectivity index (χ3n) is 2.32. The fraction of sp³-hybridized carbons (Fsp3) is 0.500. The Balaban J connectivity index is 2.30. The number of benzene rings is 1. The van der Waals surface area contributed by atoms with Crippen LogP contribution < -0.4 is 4.74 Å². The molecule has 0 N–H and O–H groups in total. The van der Waals surface area contributed by atoms with Crippen molar-refractivity contribution in [3.8, 4) is 11.8 Å². The highest BCUT2D eigenvalue weighted by Gasteiger charge is 2.09. The molecule has 0 heterocycles. The molecule has 0 saturated heterocycles. The van der Waals surface area contributed by atoms with E-state index in [1.807, 2.05) is 12.1 Å².